The quantitative estimate of drug-likeness (QED) is 0.680. The van der Waals surface area contributed by atoms with Gasteiger partial charge in [0.1, 0.15) is 5.82 Å². The fourth-order valence-corrected chi connectivity index (χ4v) is 3.69. The van der Waals surface area contributed by atoms with Crippen LogP contribution in [0, 0.1) is 5.82 Å². The van der Waals surface area contributed by atoms with Crippen LogP contribution in [0.25, 0.3) is 11.4 Å². The number of H-pyrrole nitrogens is 1. The van der Waals surface area contributed by atoms with E-state index >= 15 is 0 Å². The summed E-state index contributed by atoms with van der Waals surface area (Å²) in [6, 6.07) is 5.89. The number of carbonyl (C=O) groups is 2. The van der Waals surface area contributed by atoms with Crippen molar-refractivity contribution in [2.45, 2.75) is 55.5 Å². The lowest BCUT2D eigenvalue weighted by Gasteiger charge is -2.22. The van der Waals surface area contributed by atoms with E-state index in [4.69, 9.17) is 0 Å². The van der Waals surface area contributed by atoms with Gasteiger partial charge in [0.25, 0.3) is 0 Å². The number of urea groups is 1. The van der Waals surface area contributed by atoms with Crippen molar-refractivity contribution < 1.29 is 14.0 Å². The Bertz CT molecular complexity index is 807. The van der Waals surface area contributed by atoms with Crippen LogP contribution in [0.5, 0.6) is 0 Å². The third-order valence-electron chi connectivity index (χ3n) is 4.42. The standard InChI is InChI=1S/C18H22FN5O2S/c1-11(16(25)22-17(26)20-12-7-3-2-4-8-12)27-18-21-15(23-24-18)13-9-5-6-10-14(13)19/h5-6,9-12H,2-4,7-8H2,1H3,(H,21,23,24)(H2,20,22,25,26)/t11-/m1/s1. The molecule has 0 saturated heterocycles. The molecule has 0 unspecified atom stereocenters. The molecule has 0 aliphatic heterocycles. The zero-order valence-corrected chi connectivity index (χ0v) is 15.8. The number of amides is 3. The van der Waals surface area contributed by atoms with Crippen molar-refractivity contribution in [2.75, 3.05) is 0 Å². The van der Waals surface area contributed by atoms with Crippen molar-refractivity contribution in [3.05, 3.63) is 30.1 Å². The van der Waals surface area contributed by atoms with E-state index in [1.807, 2.05) is 0 Å². The van der Waals surface area contributed by atoms with Crippen molar-refractivity contribution in [2.24, 2.45) is 0 Å². The molecule has 0 bridgehead atoms. The van der Waals surface area contributed by atoms with Crippen LogP contribution in [-0.4, -0.2) is 38.4 Å². The first-order valence-electron chi connectivity index (χ1n) is 8.98. The Morgan fingerprint density at radius 2 is 2.00 bits per heavy atom. The molecular weight excluding hydrogens is 369 g/mol. The van der Waals surface area contributed by atoms with Crippen molar-refractivity contribution in [1.82, 2.24) is 25.8 Å². The van der Waals surface area contributed by atoms with Gasteiger partial charge in [0.2, 0.25) is 11.1 Å². The lowest BCUT2D eigenvalue weighted by molar-refractivity contribution is -0.119. The predicted octanol–water partition coefficient (Wildman–Crippen LogP) is 3.25. The maximum Gasteiger partial charge on any atom is 0.321 e. The smallest absolute Gasteiger partial charge is 0.321 e. The third-order valence-corrected chi connectivity index (χ3v) is 5.38. The molecule has 0 spiro atoms. The normalized spacial score (nSPS) is 15.9. The summed E-state index contributed by atoms with van der Waals surface area (Å²) in [7, 11) is 0. The second-order valence-corrected chi connectivity index (χ2v) is 7.81. The van der Waals surface area contributed by atoms with Gasteiger partial charge in [-0.25, -0.2) is 14.2 Å². The van der Waals surface area contributed by atoms with E-state index in [0.29, 0.717) is 16.5 Å². The number of carbonyl (C=O) groups excluding carboxylic acids is 2. The van der Waals surface area contributed by atoms with E-state index in [0.717, 1.165) is 37.4 Å². The number of rotatable bonds is 5. The van der Waals surface area contributed by atoms with Crippen LogP contribution in [0.4, 0.5) is 9.18 Å². The molecule has 144 valence electrons. The van der Waals surface area contributed by atoms with Crippen molar-refractivity contribution in [3.63, 3.8) is 0 Å². The number of benzene rings is 1. The number of hydrogen-bond acceptors (Lipinski definition) is 5. The molecule has 3 rings (SSSR count). The molecule has 1 atom stereocenters. The van der Waals surface area contributed by atoms with E-state index in [-0.39, 0.29) is 6.04 Å². The topological polar surface area (TPSA) is 99.8 Å². The Labute approximate surface area is 160 Å². The number of nitrogens with zero attached hydrogens (tertiary/aromatic N) is 2. The summed E-state index contributed by atoms with van der Waals surface area (Å²) in [5.41, 5.74) is 0.306. The maximum absolute atomic E-state index is 13.8. The molecule has 1 aromatic carbocycles. The second kappa shape index (κ2) is 8.98. The van der Waals surface area contributed by atoms with E-state index in [2.05, 4.69) is 25.8 Å². The first-order chi connectivity index (χ1) is 13.0. The third kappa shape index (κ3) is 5.29. The minimum atomic E-state index is -0.577. The maximum atomic E-state index is 13.8. The fraction of sp³-hybridized carbons (Fsp3) is 0.444. The van der Waals surface area contributed by atoms with Crippen LogP contribution in [0.2, 0.25) is 0 Å². The molecule has 2 aromatic rings. The molecule has 1 aliphatic carbocycles. The van der Waals surface area contributed by atoms with Gasteiger partial charge in [-0.2, -0.15) is 0 Å². The number of nitrogens with one attached hydrogen (secondary N) is 3. The van der Waals surface area contributed by atoms with Crippen molar-refractivity contribution in [1.29, 1.82) is 0 Å². The monoisotopic (exact) mass is 391 g/mol. The van der Waals surface area contributed by atoms with Gasteiger partial charge in [0.15, 0.2) is 5.82 Å². The first-order valence-corrected chi connectivity index (χ1v) is 9.86. The number of thioether (sulfide) groups is 1. The SMILES string of the molecule is C[C@@H](Sc1n[nH]c(-c2ccccc2F)n1)C(=O)NC(=O)NC1CCCCC1. The van der Waals surface area contributed by atoms with Gasteiger partial charge in [-0.3, -0.25) is 15.2 Å². The summed E-state index contributed by atoms with van der Waals surface area (Å²) in [5.74, 6) is -0.542. The van der Waals surface area contributed by atoms with E-state index in [9.17, 15) is 14.0 Å². The lowest BCUT2D eigenvalue weighted by Crippen LogP contribution is -2.47. The molecule has 0 radical (unpaired) electrons. The summed E-state index contributed by atoms with van der Waals surface area (Å²) < 4.78 is 13.8. The summed E-state index contributed by atoms with van der Waals surface area (Å²) in [5, 5.41) is 11.6. The van der Waals surface area contributed by atoms with Gasteiger partial charge in [-0.1, -0.05) is 43.2 Å². The number of imide groups is 1. The van der Waals surface area contributed by atoms with Crippen LogP contribution >= 0.6 is 11.8 Å². The largest absolute Gasteiger partial charge is 0.335 e. The van der Waals surface area contributed by atoms with Crippen LogP contribution in [0.3, 0.4) is 0 Å². The Morgan fingerprint density at radius 1 is 1.26 bits per heavy atom. The molecule has 1 saturated carbocycles. The summed E-state index contributed by atoms with van der Waals surface area (Å²) in [6.45, 7) is 1.66. The Kier molecular flexibility index (Phi) is 6.44. The molecule has 1 aromatic heterocycles. The van der Waals surface area contributed by atoms with Crippen LogP contribution in [0.1, 0.15) is 39.0 Å². The van der Waals surface area contributed by atoms with Crippen LogP contribution in [0.15, 0.2) is 29.4 Å². The highest BCUT2D eigenvalue weighted by molar-refractivity contribution is 8.00. The average molecular weight is 391 g/mol. The highest BCUT2D eigenvalue weighted by atomic mass is 32.2. The Balaban J connectivity index is 1.52. The molecule has 3 amide bonds. The van der Waals surface area contributed by atoms with Gasteiger partial charge < -0.3 is 5.32 Å². The molecule has 7 nitrogen and oxygen atoms in total. The highest BCUT2D eigenvalue weighted by Crippen LogP contribution is 2.24. The molecule has 1 heterocycles. The van der Waals surface area contributed by atoms with Gasteiger partial charge in [-0.15, -0.1) is 5.10 Å². The second-order valence-electron chi connectivity index (χ2n) is 6.50. The molecule has 9 heteroatoms. The minimum absolute atomic E-state index is 0.130. The first kappa shape index (κ1) is 19.3. The Hall–Kier alpha value is -2.42. The fourth-order valence-electron chi connectivity index (χ4n) is 2.97. The van der Waals surface area contributed by atoms with Crippen molar-refractivity contribution in [3.8, 4) is 11.4 Å². The van der Waals surface area contributed by atoms with Gasteiger partial charge in [0, 0.05) is 6.04 Å². The average Bonchev–Trinajstić information content (AvgIpc) is 3.11. The highest BCUT2D eigenvalue weighted by Gasteiger charge is 2.22. The number of hydrogen-bond donors (Lipinski definition) is 3. The van der Waals surface area contributed by atoms with E-state index < -0.39 is 23.0 Å². The van der Waals surface area contributed by atoms with E-state index in [1.165, 1.54) is 12.5 Å². The van der Waals surface area contributed by atoms with E-state index in [1.54, 1.807) is 25.1 Å². The summed E-state index contributed by atoms with van der Waals surface area (Å²) in [4.78, 5) is 28.4. The van der Waals surface area contributed by atoms with Crippen LogP contribution in [-0.2, 0) is 4.79 Å². The van der Waals surface area contributed by atoms with Gasteiger partial charge >= 0.3 is 6.03 Å². The summed E-state index contributed by atoms with van der Waals surface area (Å²) >= 11 is 1.09. The zero-order valence-electron chi connectivity index (χ0n) is 15.0. The molecule has 3 N–H and O–H groups in total. The number of aromatic nitrogens is 3. The van der Waals surface area contributed by atoms with Gasteiger partial charge in [0.05, 0.1) is 10.8 Å². The zero-order chi connectivity index (χ0) is 19.2. The predicted molar refractivity (Wildman–Crippen MR) is 101 cm³/mol. The number of aromatic amines is 1. The molecule has 1 aliphatic rings. The Morgan fingerprint density at radius 3 is 2.74 bits per heavy atom. The van der Waals surface area contributed by atoms with Gasteiger partial charge in [-0.05, 0) is 31.9 Å². The van der Waals surface area contributed by atoms with Crippen molar-refractivity contribution >= 4 is 23.7 Å². The molecule has 1 fully saturated rings. The van der Waals surface area contributed by atoms with Crippen LogP contribution < -0.4 is 10.6 Å². The molecular formula is C18H22FN5O2S. The summed E-state index contributed by atoms with van der Waals surface area (Å²) in [6.07, 6.45) is 5.28. The number of halogens is 1. The minimum Gasteiger partial charge on any atom is -0.335 e. The molecule has 27 heavy (non-hydrogen) atoms. The lowest BCUT2D eigenvalue weighted by atomic mass is 9.96.